The van der Waals surface area contributed by atoms with Crippen LogP contribution in [0.3, 0.4) is 0 Å². The zero-order valence-electron chi connectivity index (χ0n) is 13.0. The van der Waals surface area contributed by atoms with Gasteiger partial charge in [0.25, 0.3) is 0 Å². The van der Waals surface area contributed by atoms with E-state index in [0.717, 1.165) is 25.7 Å². The molecule has 0 bridgehead atoms. The Hall–Kier alpha value is -0.530. The zero-order chi connectivity index (χ0) is 14.2. The lowest BCUT2D eigenvalue weighted by Crippen LogP contribution is -2.07. The van der Waals surface area contributed by atoms with E-state index in [9.17, 15) is 4.79 Å². The Kier molecular flexibility index (Phi) is 18.1. The van der Waals surface area contributed by atoms with Gasteiger partial charge in [0.15, 0.2) is 0 Å². The smallest absolute Gasteiger partial charge is 0.305 e. The molecule has 0 spiro atoms. The van der Waals surface area contributed by atoms with Gasteiger partial charge in [-0.25, -0.2) is 0 Å². The van der Waals surface area contributed by atoms with Gasteiger partial charge >= 0.3 is 5.97 Å². The molecule has 0 aliphatic carbocycles. The predicted octanol–water partition coefficient (Wildman–Crippen LogP) is 5.17. The molecule has 0 unspecified atom stereocenters. The number of rotatable bonds is 9. The number of esters is 1. The SMILES string of the molecule is CCCCC(=O)OCCC(C)C.[CH2]CCCCC. The van der Waals surface area contributed by atoms with Crippen molar-refractivity contribution in [3.8, 4) is 0 Å². The van der Waals surface area contributed by atoms with Crippen LogP contribution < -0.4 is 0 Å². The summed E-state index contributed by atoms with van der Waals surface area (Å²) >= 11 is 0. The molecule has 1 radical (unpaired) electrons. The molecule has 0 aliphatic heterocycles. The molecule has 109 valence electrons. The molecule has 18 heavy (non-hydrogen) atoms. The second-order valence-corrected chi connectivity index (χ2v) is 5.07. The lowest BCUT2D eigenvalue weighted by molar-refractivity contribution is -0.144. The van der Waals surface area contributed by atoms with Crippen LogP contribution in [0, 0.1) is 12.8 Å². The molecule has 2 heteroatoms. The Morgan fingerprint density at radius 1 is 1.11 bits per heavy atom. The summed E-state index contributed by atoms with van der Waals surface area (Å²) in [6.45, 7) is 12.8. The van der Waals surface area contributed by atoms with Crippen LogP contribution in [0.2, 0.25) is 0 Å². The van der Waals surface area contributed by atoms with E-state index < -0.39 is 0 Å². The first-order chi connectivity index (χ1) is 8.58. The van der Waals surface area contributed by atoms with Gasteiger partial charge in [-0.05, 0) is 18.8 Å². The molecule has 0 saturated carbocycles. The van der Waals surface area contributed by atoms with Crippen LogP contribution in [-0.2, 0) is 9.53 Å². The summed E-state index contributed by atoms with van der Waals surface area (Å²) in [6, 6.07) is 0. The highest BCUT2D eigenvalue weighted by atomic mass is 16.5. The van der Waals surface area contributed by atoms with Crippen molar-refractivity contribution >= 4 is 5.97 Å². The fourth-order valence-electron chi connectivity index (χ4n) is 1.23. The molecule has 0 aromatic rings. The molecule has 0 aromatic heterocycles. The molecule has 0 atom stereocenters. The number of ether oxygens (including phenoxy) is 1. The maximum absolute atomic E-state index is 11.0. The maximum atomic E-state index is 11.0. The Labute approximate surface area is 114 Å². The van der Waals surface area contributed by atoms with Crippen molar-refractivity contribution in [3.63, 3.8) is 0 Å². The molecule has 0 aliphatic rings. The van der Waals surface area contributed by atoms with Crippen LogP contribution in [0.5, 0.6) is 0 Å². The van der Waals surface area contributed by atoms with E-state index in [1.54, 1.807) is 0 Å². The average molecular weight is 257 g/mol. The van der Waals surface area contributed by atoms with Crippen LogP contribution in [-0.4, -0.2) is 12.6 Å². The zero-order valence-corrected chi connectivity index (χ0v) is 13.0. The van der Waals surface area contributed by atoms with Crippen molar-refractivity contribution in [2.45, 2.75) is 79.1 Å². The largest absolute Gasteiger partial charge is 0.466 e. The highest BCUT2D eigenvalue weighted by molar-refractivity contribution is 5.69. The molecule has 0 heterocycles. The van der Waals surface area contributed by atoms with Crippen LogP contribution in [0.4, 0.5) is 0 Å². The van der Waals surface area contributed by atoms with Gasteiger partial charge in [-0.15, -0.1) is 0 Å². The van der Waals surface area contributed by atoms with Crippen molar-refractivity contribution in [1.29, 1.82) is 0 Å². The van der Waals surface area contributed by atoms with E-state index in [-0.39, 0.29) is 5.97 Å². The number of hydrogen-bond donors (Lipinski definition) is 0. The molecule has 0 amide bonds. The highest BCUT2D eigenvalue weighted by Gasteiger charge is 2.01. The summed E-state index contributed by atoms with van der Waals surface area (Å²) in [5, 5.41) is 0. The maximum Gasteiger partial charge on any atom is 0.305 e. The Bertz CT molecular complexity index is 160. The number of carbonyl (C=O) groups excluding carboxylic acids is 1. The minimum absolute atomic E-state index is 0.0440. The lowest BCUT2D eigenvalue weighted by atomic mass is 10.1. The van der Waals surface area contributed by atoms with Gasteiger partial charge in [-0.3, -0.25) is 4.79 Å². The monoisotopic (exact) mass is 257 g/mol. The first-order valence-corrected chi connectivity index (χ1v) is 7.53. The molecular formula is C16H33O2. The van der Waals surface area contributed by atoms with Gasteiger partial charge in [-0.2, -0.15) is 0 Å². The minimum atomic E-state index is -0.0440. The Balaban J connectivity index is 0. The van der Waals surface area contributed by atoms with Gasteiger partial charge < -0.3 is 4.74 Å². The molecular weight excluding hydrogens is 224 g/mol. The van der Waals surface area contributed by atoms with Crippen molar-refractivity contribution in [2.24, 2.45) is 5.92 Å². The molecule has 0 N–H and O–H groups in total. The molecule has 0 aromatic carbocycles. The quantitative estimate of drug-likeness (QED) is 0.421. The number of hydrogen-bond acceptors (Lipinski definition) is 2. The standard InChI is InChI=1S/C10H20O2.C6H13/c1-4-5-6-10(11)12-8-7-9(2)3;1-3-5-6-4-2/h9H,4-8H2,1-3H3;1,3-6H2,2H3. The average Bonchev–Trinajstić information content (AvgIpc) is 2.34. The first kappa shape index (κ1) is 19.8. The van der Waals surface area contributed by atoms with E-state index in [0.29, 0.717) is 18.9 Å². The first-order valence-electron chi connectivity index (χ1n) is 7.53. The molecule has 2 nitrogen and oxygen atoms in total. The van der Waals surface area contributed by atoms with Crippen LogP contribution in [0.25, 0.3) is 0 Å². The summed E-state index contributed by atoms with van der Waals surface area (Å²) in [6.07, 6.45) is 8.62. The summed E-state index contributed by atoms with van der Waals surface area (Å²) in [7, 11) is 0. The predicted molar refractivity (Wildman–Crippen MR) is 79.4 cm³/mol. The van der Waals surface area contributed by atoms with E-state index in [1.807, 2.05) is 0 Å². The summed E-state index contributed by atoms with van der Waals surface area (Å²) in [4.78, 5) is 11.0. The van der Waals surface area contributed by atoms with E-state index in [2.05, 4.69) is 34.6 Å². The van der Waals surface area contributed by atoms with Gasteiger partial charge in [0, 0.05) is 6.42 Å². The lowest BCUT2D eigenvalue weighted by Gasteiger charge is -2.05. The third-order valence-electron chi connectivity index (χ3n) is 2.55. The second-order valence-electron chi connectivity index (χ2n) is 5.07. The topological polar surface area (TPSA) is 26.3 Å². The molecule has 0 rings (SSSR count). The Morgan fingerprint density at radius 2 is 1.72 bits per heavy atom. The van der Waals surface area contributed by atoms with Gasteiger partial charge in [0.1, 0.15) is 0 Å². The summed E-state index contributed by atoms with van der Waals surface area (Å²) < 4.78 is 5.02. The van der Waals surface area contributed by atoms with Crippen molar-refractivity contribution in [2.75, 3.05) is 6.61 Å². The van der Waals surface area contributed by atoms with Gasteiger partial charge in [-0.1, -0.05) is 66.7 Å². The van der Waals surface area contributed by atoms with Crippen LogP contribution >= 0.6 is 0 Å². The summed E-state index contributed by atoms with van der Waals surface area (Å²) in [5.41, 5.74) is 0. The van der Waals surface area contributed by atoms with Crippen LogP contribution in [0.15, 0.2) is 0 Å². The van der Waals surface area contributed by atoms with Crippen molar-refractivity contribution in [1.82, 2.24) is 0 Å². The highest BCUT2D eigenvalue weighted by Crippen LogP contribution is 2.01. The van der Waals surface area contributed by atoms with Crippen LogP contribution in [0.1, 0.15) is 79.1 Å². The third kappa shape index (κ3) is 20.8. The molecule has 0 fully saturated rings. The van der Waals surface area contributed by atoms with Crippen molar-refractivity contribution in [3.05, 3.63) is 6.92 Å². The van der Waals surface area contributed by atoms with E-state index in [1.165, 1.54) is 19.3 Å². The van der Waals surface area contributed by atoms with E-state index >= 15 is 0 Å². The normalized spacial score (nSPS) is 9.89. The minimum Gasteiger partial charge on any atom is -0.466 e. The third-order valence-corrected chi connectivity index (χ3v) is 2.55. The summed E-state index contributed by atoms with van der Waals surface area (Å²) in [5.74, 6) is 0.571. The fraction of sp³-hybridized carbons (Fsp3) is 0.875. The second kappa shape index (κ2) is 16.5. The van der Waals surface area contributed by atoms with Gasteiger partial charge in [0.2, 0.25) is 0 Å². The number of carbonyl (C=O) groups is 1. The van der Waals surface area contributed by atoms with Gasteiger partial charge in [0.05, 0.1) is 6.61 Å². The van der Waals surface area contributed by atoms with E-state index in [4.69, 9.17) is 4.74 Å². The number of unbranched alkanes of at least 4 members (excludes halogenated alkanes) is 4. The fourth-order valence-corrected chi connectivity index (χ4v) is 1.23. The van der Waals surface area contributed by atoms with Crippen molar-refractivity contribution < 1.29 is 9.53 Å². The Morgan fingerprint density at radius 3 is 2.11 bits per heavy atom. The molecule has 0 saturated heterocycles.